The van der Waals surface area contributed by atoms with Crippen LogP contribution >= 0.6 is 19.2 Å². The van der Waals surface area contributed by atoms with E-state index in [2.05, 4.69) is 41.0 Å². The molecule has 1 saturated heterocycles. The highest BCUT2D eigenvalue weighted by atomic mass is 35.5. The van der Waals surface area contributed by atoms with Crippen molar-refractivity contribution in [2.24, 2.45) is 0 Å². The maximum Gasteiger partial charge on any atom is 0.359 e. The molecule has 1 aliphatic heterocycles. The van der Waals surface area contributed by atoms with Crippen LogP contribution in [0.15, 0.2) is 6.20 Å². The Bertz CT molecular complexity index is 1240. The number of aliphatic hydroxyl groups is 3. The van der Waals surface area contributed by atoms with E-state index in [1.807, 2.05) is 13.8 Å². The second-order valence-electron chi connectivity index (χ2n) is 8.48. The van der Waals surface area contributed by atoms with Crippen LogP contribution in [0.2, 0.25) is 5.28 Å². The van der Waals surface area contributed by atoms with Crippen molar-refractivity contribution in [1.29, 1.82) is 0 Å². The van der Waals surface area contributed by atoms with Crippen molar-refractivity contribution in [3.63, 3.8) is 0 Å². The van der Waals surface area contributed by atoms with E-state index in [1.54, 1.807) is 0 Å². The minimum Gasteiger partial charge on any atom is -0.393 e. The standard InChI is InChI=1S/C17H25ClN9O8P/c1-7(2)20-13-8-4-19-27(14(8)22-16(18)21-13)15-12(30)11(29)9(35-15)5-34-17(6-28,36(31,32)33)3-10-23-25-26-24-10/h4,7,9,11-12,15,28-30H,3,5-6H2,1-2H3,(H,20,21,22)(H2,31,32,33)(H,23,24,25,26)/t9-,11-,12-,15-,17?/m1/s1. The van der Waals surface area contributed by atoms with E-state index in [0.717, 1.165) is 0 Å². The molecule has 3 aromatic rings. The summed E-state index contributed by atoms with van der Waals surface area (Å²) in [7, 11) is -5.11. The van der Waals surface area contributed by atoms with Crippen molar-refractivity contribution < 1.29 is 39.1 Å². The Morgan fingerprint density at radius 1 is 1.33 bits per heavy atom. The van der Waals surface area contributed by atoms with Crippen molar-refractivity contribution in [1.82, 2.24) is 40.4 Å². The predicted octanol–water partition coefficient (Wildman–Crippen LogP) is -1.44. The average molecular weight is 550 g/mol. The van der Waals surface area contributed by atoms with Crippen molar-refractivity contribution in [3.8, 4) is 0 Å². The first-order valence-corrected chi connectivity index (χ1v) is 12.7. The molecule has 1 unspecified atom stereocenters. The number of aromatic nitrogens is 8. The van der Waals surface area contributed by atoms with Crippen LogP contribution in [0.25, 0.3) is 11.0 Å². The molecule has 1 aliphatic rings. The minimum atomic E-state index is -5.11. The second-order valence-corrected chi connectivity index (χ2v) is 10.7. The lowest BCUT2D eigenvalue weighted by Crippen LogP contribution is -2.43. The number of rotatable bonds is 10. The van der Waals surface area contributed by atoms with Crippen molar-refractivity contribution >= 4 is 36.0 Å². The zero-order chi connectivity index (χ0) is 26.3. The molecule has 5 atom stereocenters. The Labute approximate surface area is 208 Å². The first-order chi connectivity index (χ1) is 17.0. The average Bonchev–Trinajstić information content (AvgIpc) is 3.51. The predicted molar refractivity (Wildman–Crippen MR) is 121 cm³/mol. The number of H-pyrrole nitrogens is 1. The monoisotopic (exact) mass is 549 g/mol. The van der Waals surface area contributed by atoms with Gasteiger partial charge in [-0.15, -0.1) is 10.2 Å². The Morgan fingerprint density at radius 2 is 2.08 bits per heavy atom. The molecule has 4 heterocycles. The van der Waals surface area contributed by atoms with E-state index in [9.17, 15) is 29.7 Å². The summed E-state index contributed by atoms with van der Waals surface area (Å²) in [5.41, 5.74) is 0.216. The smallest absolute Gasteiger partial charge is 0.359 e. The van der Waals surface area contributed by atoms with E-state index in [-0.39, 0.29) is 22.8 Å². The molecule has 36 heavy (non-hydrogen) atoms. The van der Waals surface area contributed by atoms with Gasteiger partial charge in [0.15, 0.2) is 23.0 Å². The summed E-state index contributed by atoms with van der Waals surface area (Å²) in [5, 5.41) is 49.1. The van der Waals surface area contributed by atoms with Gasteiger partial charge in [0.2, 0.25) is 5.28 Å². The molecule has 19 heteroatoms. The highest BCUT2D eigenvalue weighted by molar-refractivity contribution is 7.53. The third-order valence-corrected chi connectivity index (χ3v) is 7.21. The number of hydrogen-bond acceptors (Lipinski definition) is 13. The normalized spacial score (nSPS) is 24.5. The van der Waals surface area contributed by atoms with E-state index < -0.39 is 57.1 Å². The molecule has 0 amide bonds. The van der Waals surface area contributed by atoms with Crippen LogP contribution in [0.4, 0.5) is 5.82 Å². The van der Waals surface area contributed by atoms with Gasteiger partial charge in [-0.1, -0.05) is 5.21 Å². The van der Waals surface area contributed by atoms with Gasteiger partial charge in [0, 0.05) is 6.04 Å². The highest BCUT2D eigenvalue weighted by Crippen LogP contribution is 2.52. The van der Waals surface area contributed by atoms with Crippen molar-refractivity contribution in [2.75, 3.05) is 18.5 Å². The fourth-order valence-corrected chi connectivity index (χ4v) is 4.65. The summed E-state index contributed by atoms with van der Waals surface area (Å²) in [6.07, 6.45) is -4.73. The molecule has 4 rings (SSSR count). The molecule has 0 aromatic carbocycles. The lowest BCUT2D eigenvalue weighted by molar-refractivity contribution is -0.109. The van der Waals surface area contributed by atoms with E-state index in [1.165, 1.54) is 10.9 Å². The van der Waals surface area contributed by atoms with Crippen LogP contribution in [0.5, 0.6) is 0 Å². The number of fused-ring (bicyclic) bond motifs is 1. The fraction of sp³-hybridized carbons (Fsp3) is 0.647. The van der Waals surface area contributed by atoms with Crippen LogP contribution in [0.3, 0.4) is 0 Å². The van der Waals surface area contributed by atoms with Crippen LogP contribution in [-0.2, 0) is 20.5 Å². The maximum atomic E-state index is 12.2. The van der Waals surface area contributed by atoms with E-state index in [0.29, 0.717) is 11.2 Å². The zero-order valence-electron chi connectivity index (χ0n) is 19.0. The lowest BCUT2D eigenvalue weighted by atomic mass is 10.1. The Balaban J connectivity index is 1.57. The molecule has 0 aliphatic carbocycles. The number of nitrogens with zero attached hydrogens (tertiary/aromatic N) is 7. The third kappa shape index (κ3) is 5.06. The molecular weight excluding hydrogens is 525 g/mol. The molecule has 198 valence electrons. The number of hydrogen-bond donors (Lipinski definition) is 7. The second kappa shape index (κ2) is 10.2. The lowest BCUT2D eigenvalue weighted by Gasteiger charge is -2.32. The van der Waals surface area contributed by atoms with Gasteiger partial charge in [-0.3, -0.25) is 4.57 Å². The number of halogens is 1. The molecule has 17 nitrogen and oxygen atoms in total. The molecule has 7 N–H and O–H groups in total. The summed E-state index contributed by atoms with van der Waals surface area (Å²) >= 11 is 6.06. The minimum absolute atomic E-state index is 0.0208. The molecule has 0 bridgehead atoms. The molecular formula is C17H25ClN9O8P. The Hall–Kier alpha value is -2.34. The SMILES string of the molecule is CC(C)Nc1nc(Cl)nc2c1cnn2[C@@H]1O[C@H](COC(CO)(Cc2nn[nH]n2)P(=O)(O)O)[C@@H](O)[C@H]1O. The van der Waals surface area contributed by atoms with Crippen LogP contribution in [0.1, 0.15) is 25.9 Å². The first kappa shape index (κ1) is 26.7. The summed E-state index contributed by atoms with van der Waals surface area (Å²) in [4.78, 5) is 28.1. The largest absolute Gasteiger partial charge is 0.393 e. The van der Waals surface area contributed by atoms with E-state index >= 15 is 0 Å². The summed E-state index contributed by atoms with van der Waals surface area (Å²) in [5.74, 6) is 0.290. The number of tetrazole rings is 1. The maximum absolute atomic E-state index is 12.2. The first-order valence-electron chi connectivity index (χ1n) is 10.7. The Morgan fingerprint density at radius 3 is 2.69 bits per heavy atom. The third-order valence-electron chi connectivity index (χ3n) is 5.55. The van der Waals surface area contributed by atoms with Crippen LogP contribution in [0, 0.1) is 0 Å². The number of ether oxygens (including phenoxy) is 2. The van der Waals surface area contributed by atoms with Gasteiger partial charge >= 0.3 is 7.60 Å². The van der Waals surface area contributed by atoms with Gasteiger partial charge in [-0.05, 0) is 25.4 Å². The number of anilines is 1. The van der Waals surface area contributed by atoms with Crippen molar-refractivity contribution in [3.05, 3.63) is 17.3 Å². The highest BCUT2D eigenvalue weighted by Gasteiger charge is 2.52. The summed E-state index contributed by atoms with van der Waals surface area (Å²) in [6.45, 7) is 2.08. The van der Waals surface area contributed by atoms with Crippen LogP contribution < -0.4 is 5.32 Å². The Kier molecular flexibility index (Phi) is 7.57. The molecule has 3 aromatic heterocycles. The fourth-order valence-electron chi connectivity index (χ4n) is 3.71. The van der Waals surface area contributed by atoms with Gasteiger partial charge in [-0.2, -0.15) is 20.3 Å². The van der Waals surface area contributed by atoms with Crippen LogP contribution in [-0.4, -0.2) is 108 Å². The van der Waals surface area contributed by atoms with Gasteiger partial charge in [-0.25, -0.2) is 4.68 Å². The summed E-state index contributed by atoms with van der Waals surface area (Å²) < 4.78 is 24.6. The van der Waals surface area contributed by atoms with Crippen molar-refractivity contribution in [2.45, 2.75) is 56.2 Å². The zero-order valence-corrected chi connectivity index (χ0v) is 20.7. The number of aliphatic hydroxyl groups excluding tert-OH is 3. The summed E-state index contributed by atoms with van der Waals surface area (Å²) in [6, 6.07) is 0.0208. The molecule has 0 spiro atoms. The molecule has 0 radical (unpaired) electrons. The molecule has 0 saturated carbocycles. The topological polar surface area (TPSA) is 247 Å². The quantitative estimate of drug-likeness (QED) is 0.113. The molecule has 1 fully saturated rings. The van der Waals surface area contributed by atoms with Gasteiger partial charge in [0.25, 0.3) is 0 Å². The van der Waals surface area contributed by atoms with Gasteiger partial charge in [0.1, 0.15) is 24.1 Å². The number of aromatic amines is 1. The van der Waals surface area contributed by atoms with E-state index in [4.69, 9.17) is 21.1 Å². The number of nitrogens with one attached hydrogen (secondary N) is 2. The van der Waals surface area contributed by atoms with Gasteiger partial charge in [0.05, 0.1) is 31.2 Å². The van der Waals surface area contributed by atoms with Gasteiger partial charge < -0.3 is 39.9 Å².